The SMILES string of the molecule is COc1ccc(C(=O)N2CCCC(N(Cc3cccnc3)S(C)(=O)=O)C2)c(OC)n1. The minimum Gasteiger partial charge on any atom is -0.481 e. The molecule has 1 unspecified atom stereocenters. The fourth-order valence-corrected chi connectivity index (χ4v) is 4.69. The minimum atomic E-state index is -3.48. The van der Waals surface area contributed by atoms with Gasteiger partial charge in [-0.1, -0.05) is 6.07 Å². The molecule has 9 nitrogen and oxygen atoms in total. The molecular weight excluding hydrogens is 408 g/mol. The fourth-order valence-electron chi connectivity index (χ4n) is 3.59. The van der Waals surface area contributed by atoms with Crippen LogP contribution < -0.4 is 9.47 Å². The topological polar surface area (TPSA) is 102 Å². The van der Waals surface area contributed by atoms with Crippen molar-refractivity contribution in [1.82, 2.24) is 19.2 Å². The van der Waals surface area contributed by atoms with Crippen LogP contribution in [0.2, 0.25) is 0 Å². The van der Waals surface area contributed by atoms with E-state index in [1.165, 1.54) is 24.8 Å². The van der Waals surface area contributed by atoms with E-state index in [0.717, 1.165) is 5.56 Å². The maximum absolute atomic E-state index is 13.1. The molecule has 2 aromatic heterocycles. The number of rotatable bonds is 7. The van der Waals surface area contributed by atoms with Crippen molar-refractivity contribution in [2.75, 3.05) is 33.6 Å². The number of hydrogen-bond donors (Lipinski definition) is 0. The van der Waals surface area contributed by atoms with Gasteiger partial charge in [-0.25, -0.2) is 8.42 Å². The predicted molar refractivity (Wildman–Crippen MR) is 111 cm³/mol. The second-order valence-corrected chi connectivity index (χ2v) is 9.06. The summed E-state index contributed by atoms with van der Waals surface area (Å²) < 4.78 is 36.8. The van der Waals surface area contributed by atoms with Gasteiger partial charge in [0.15, 0.2) is 0 Å². The number of piperidine rings is 1. The lowest BCUT2D eigenvalue weighted by molar-refractivity contribution is 0.0646. The van der Waals surface area contributed by atoms with Crippen LogP contribution in [0.1, 0.15) is 28.8 Å². The van der Waals surface area contributed by atoms with E-state index < -0.39 is 10.0 Å². The Balaban J connectivity index is 1.82. The molecule has 162 valence electrons. The second-order valence-electron chi connectivity index (χ2n) is 7.13. The van der Waals surface area contributed by atoms with Crippen LogP contribution in [0.15, 0.2) is 36.7 Å². The van der Waals surface area contributed by atoms with Gasteiger partial charge in [-0.2, -0.15) is 9.29 Å². The van der Waals surface area contributed by atoms with E-state index >= 15 is 0 Å². The summed E-state index contributed by atoms with van der Waals surface area (Å²) in [7, 11) is -0.556. The van der Waals surface area contributed by atoms with Crippen molar-refractivity contribution in [1.29, 1.82) is 0 Å². The van der Waals surface area contributed by atoms with E-state index in [-0.39, 0.29) is 24.4 Å². The Morgan fingerprint density at radius 3 is 2.70 bits per heavy atom. The molecule has 1 aliphatic rings. The van der Waals surface area contributed by atoms with Gasteiger partial charge in [0.2, 0.25) is 21.8 Å². The first-order valence-corrected chi connectivity index (χ1v) is 11.4. The number of pyridine rings is 2. The molecule has 2 aromatic rings. The van der Waals surface area contributed by atoms with E-state index in [2.05, 4.69) is 9.97 Å². The summed E-state index contributed by atoms with van der Waals surface area (Å²) in [6, 6.07) is 6.50. The molecular formula is C20H26N4O5S. The molecule has 0 spiro atoms. The first kappa shape index (κ1) is 22.0. The van der Waals surface area contributed by atoms with Crippen molar-refractivity contribution in [3.05, 3.63) is 47.8 Å². The highest BCUT2D eigenvalue weighted by molar-refractivity contribution is 7.88. The maximum Gasteiger partial charge on any atom is 0.259 e. The number of hydrogen-bond acceptors (Lipinski definition) is 7. The van der Waals surface area contributed by atoms with Gasteiger partial charge < -0.3 is 14.4 Å². The molecule has 0 aliphatic carbocycles. The number of nitrogens with zero attached hydrogens (tertiary/aromatic N) is 4. The van der Waals surface area contributed by atoms with Gasteiger partial charge in [0.1, 0.15) is 5.56 Å². The normalized spacial score (nSPS) is 17.1. The highest BCUT2D eigenvalue weighted by Crippen LogP contribution is 2.25. The number of methoxy groups -OCH3 is 2. The summed E-state index contributed by atoms with van der Waals surface area (Å²) in [4.78, 5) is 23.0. The molecule has 0 saturated carbocycles. The molecule has 0 bridgehead atoms. The van der Waals surface area contributed by atoms with E-state index in [0.29, 0.717) is 37.4 Å². The molecule has 3 heterocycles. The summed E-state index contributed by atoms with van der Waals surface area (Å²) in [6.45, 7) is 1.04. The lowest BCUT2D eigenvalue weighted by Gasteiger charge is -2.38. The van der Waals surface area contributed by atoms with Crippen molar-refractivity contribution >= 4 is 15.9 Å². The van der Waals surface area contributed by atoms with Gasteiger partial charge >= 0.3 is 0 Å². The number of ether oxygens (including phenoxy) is 2. The first-order chi connectivity index (χ1) is 14.3. The molecule has 30 heavy (non-hydrogen) atoms. The summed E-state index contributed by atoms with van der Waals surface area (Å²) in [6.07, 6.45) is 5.86. The number of aromatic nitrogens is 2. The molecule has 3 rings (SSSR count). The molecule has 0 radical (unpaired) electrons. The maximum atomic E-state index is 13.1. The van der Waals surface area contributed by atoms with E-state index in [1.807, 2.05) is 6.07 Å². The molecule has 1 aliphatic heterocycles. The van der Waals surface area contributed by atoms with Crippen LogP contribution in [0.5, 0.6) is 11.8 Å². The van der Waals surface area contributed by atoms with Crippen LogP contribution in [0.25, 0.3) is 0 Å². The molecule has 1 saturated heterocycles. The Labute approximate surface area is 176 Å². The Bertz CT molecular complexity index is 984. The minimum absolute atomic E-state index is 0.178. The van der Waals surface area contributed by atoms with Crippen LogP contribution in [0, 0.1) is 0 Å². The number of sulfonamides is 1. The van der Waals surface area contributed by atoms with Crippen LogP contribution in [-0.4, -0.2) is 73.1 Å². The predicted octanol–water partition coefficient (Wildman–Crippen LogP) is 1.56. The van der Waals surface area contributed by atoms with Crippen molar-refractivity contribution in [3.63, 3.8) is 0 Å². The van der Waals surface area contributed by atoms with Crippen molar-refractivity contribution in [2.45, 2.75) is 25.4 Å². The Hall–Kier alpha value is -2.72. The van der Waals surface area contributed by atoms with Crippen LogP contribution in [0.4, 0.5) is 0 Å². The van der Waals surface area contributed by atoms with Crippen LogP contribution >= 0.6 is 0 Å². The zero-order chi connectivity index (χ0) is 21.7. The highest BCUT2D eigenvalue weighted by Gasteiger charge is 2.33. The number of carbonyl (C=O) groups is 1. The summed E-state index contributed by atoms with van der Waals surface area (Å²) >= 11 is 0. The molecule has 1 atom stereocenters. The third-order valence-corrected chi connectivity index (χ3v) is 6.33. The molecule has 0 N–H and O–H groups in total. The number of likely N-dealkylation sites (tertiary alicyclic amines) is 1. The molecule has 10 heteroatoms. The standard InChI is InChI=1S/C20H26N4O5S/c1-28-18-9-8-17(19(22-18)29-2)20(25)23-11-5-7-16(14-23)24(30(3,26)27)13-15-6-4-10-21-12-15/h4,6,8-10,12,16H,5,7,11,13-14H2,1-3H3. The average Bonchev–Trinajstić information content (AvgIpc) is 2.76. The summed E-state index contributed by atoms with van der Waals surface area (Å²) in [5.41, 5.74) is 1.12. The molecule has 0 aromatic carbocycles. The highest BCUT2D eigenvalue weighted by atomic mass is 32.2. The van der Waals surface area contributed by atoms with Gasteiger partial charge in [-0.05, 0) is 30.5 Å². The fraction of sp³-hybridized carbons (Fsp3) is 0.450. The first-order valence-electron chi connectivity index (χ1n) is 9.57. The zero-order valence-corrected chi connectivity index (χ0v) is 18.1. The Morgan fingerprint density at radius 1 is 1.27 bits per heavy atom. The van der Waals surface area contributed by atoms with Gasteiger partial charge in [0.25, 0.3) is 5.91 Å². The lowest BCUT2D eigenvalue weighted by atomic mass is 10.0. The van der Waals surface area contributed by atoms with Crippen molar-refractivity contribution in [3.8, 4) is 11.8 Å². The Morgan fingerprint density at radius 2 is 2.07 bits per heavy atom. The monoisotopic (exact) mass is 434 g/mol. The van der Waals surface area contributed by atoms with Crippen molar-refractivity contribution < 1.29 is 22.7 Å². The van der Waals surface area contributed by atoms with Gasteiger partial charge in [-0.15, -0.1) is 0 Å². The summed E-state index contributed by atoms with van der Waals surface area (Å²) in [5, 5.41) is 0. The van der Waals surface area contributed by atoms with E-state index in [9.17, 15) is 13.2 Å². The van der Waals surface area contributed by atoms with Gasteiger partial charge in [0.05, 0.1) is 20.5 Å². The van der Waals surface area contributed by atoms with Gasteiger partial charge in [0, 0.05) is 44.1 Å². The Kier molecular flexibility index (Phi) is 6.88. The zero-order valence-electron chi connectivity index (χ0n) is 17.3. The van der Waals surface area contributed by atoms with E-state index in [1.54, 1.807) is 35.5 Å². The summed E-state index contributed by atoms with van der Waals surface area (Å²) in [5.74, 6) is 0.276. The van der Waals surface area contributed by atoms with Crippen LogP contribution in [0.3, 0.4) is 0 Å². The molecule has 1 fully saturated rings. The number of carbonyl (C=O) groups excluding carboxylic acids is 1. The largest absolute Gasteiger partial charge is 0.481 e. The van der Waals surface area contributed by atoms with Crippen LogP contribution in [-0.2, 0) is 16.6 Å². The average molecular weight is 435 g/mol. The van der Waals surface area contributed by atoms with E-state index in [4.69, 9.17) is 9.47 Å². The smallest absolute Gasteiger partial charge is 0.259 e. The number of amides is 1. The third-order valence-electron chi connectivity index (χ3n) is 5.05. The van der Waals surface area contributed by atoms with Crippen molar-refractivity contribution in [2.24, 2.45) is 0 Å². The quantitative estimate of drug-likeness (QED) is 0.652. The lowest BCUT2D eigenvalue weighted by Crippen LogP contribution is -2.51. The third kappa shape index (κ3) is 5.06. The van der Waals surface area contributed by atoms with Gasteiger partial charge in [-0.3, -0.25) is 9.78 Å². The second kappa shape index (κ2) is 9.40. The molecule has 1 amide bonds.